The van der Waals surface area contributed by atoms with Crippen LogP contribution < -0.4 is 0 Å². The van der Waals surface area contributed by atoms with Gasteiger partial charge in [0, 0.05) is 16.1 Å². The lowest BCUT2D eigenvalue weighted by Gasteiger charge is -1.93. The summed E-state index contributed by atoms with van der Waals surface area (Å²) in [6.45, 7) is 0. The van der Waals surface area contributed by atoms with Gasteiger partial charge < -0.3 is 0 Å². The van der Waals surface area contributed by atoms with Crippen LogP contribution in [-0.2, 0) is 0 Å². The molecule has 1 aromatic heterocycles. The van der Waals surface area contributed by atoms with Crippen molar-refractivity contribution in [3.63, 3.8) is 0 Å². The molecule has 0 aliphatic heterocycles. The molecule has 0 fully saturated rings. The Morgan fingerprint density at radius 3 is 2.82 bits per heavy atom. The van der Waals surface area contributed by atoms with E-state index in [0.717, 1.165) is 4.47 Å². The van der Waals surface area contributed by atoms with Crippen molar-refractivity contribution in [3.8, 4) is 0 Å². The predicted molar refractivity (Wildman–Crippen MR) is 54.0 cm³/mol. The molecule has 56 valence electrons. The molecular formula is C8H5Br2N. The van der Waals surface area contributed by atoms with Crippen molar-refractivity contribution < 1.29 is 0 Å². The van der Waals surface area contributed by atoms with Crippen LogP contribution in [0.1, 0.15) is 0 Å². The second-order valence-electron chi connectivity index (χ2n) is 2.33. The molecule has 0 spiro atoms. The van der Waals surface area contributed by atoms with Crippen LogP contribution in [0.15, 0.2) is 34.9 Å². The molecule has 0 amide bonds. The van der Waals surface area contributed by atoms with Gasteiger partial charge in [0.05, 0.1) is 21.7 Å². The van der Waals surface area contributed by atoms with Gasteiger partial charge in [0.15, 0.2) is 0 Å². The van der Waals surface area contributed by atoms with Gasteiger partial charge in [-0.15, -0.1) is 0 Å². The highest BCUT2D eigenvalue weighted by Crippen LogP contribution is 2.21. The minimum atomic E-state index is 1.10. The van der Waals surface area contributed by atoms with Gasteiger partial charge in [0.25, 0.3) is 0 Å². The molecule has 0 saturated heterocycles. The van der Waals surface area contributed by atoms with E-state index in [-0.39, 0.29) is 0 Å². The van der Waals surface area contributed by atoms with Crippen LogP contribution in [-0.4, -0.2) is 3.59 Å². The third-order valence-electron chi connectivity index (χ3n) is 1.61. The van der Waals surface area contributed by atoms with Crippen LogP contribution in [0, 0.1) is 0 Å². The Balaban J connectivity index is 2.87. The van der Waals surface area contributed by atoms with Crippen molar-refractivity contribution >= 4 is 43.0 Å². The standard InChI is InChI=1S/C8H5Br2N/c9-7-2-1-6-3-4-11(10)8(6)5-7/h1-5H. The third kappa shape index (κ3) is 1.23. The summed E-state index contributed by atoms with van der Waals surface area (Å²) in [7, 11) is 0. The van der Waals surface area contributed by atoms with Crippen LogP contribution in [0.25, 0.3) is 10.9 Å². The van der Waals surface area contributed by atoms with Crippen LogP contribution in [0.3, 0.4) is 0 Å². The summed E-state index contributed by atoms with van der Waals surface area (Å²) in [6.07, 6.45) is 1.98. The van der Waals surface area contributed by atoms with E-state index >= 15 is 0 Å². The first-order chi connectivity index (χ1) is 5.27. The molecule has 0 aliphatic rings. The lowest BCUT2D eigenvalue weighted by atomic mass is 10.3. The lowest BCUT2D eigenvalue weighted by molar-refractivity contribution is 1.39. The molecular weight excluding hydrogens is 270 g/mol. The number of benzene rings is 1. The van der Waals surface area contributed by atoms with E-state index in [9.17, 15) is 0 Å². The molecule has 1 aromatic carbocycles. The summed E-state index contributed by atoms with van der Waals surface area (Å²) in [5.74, 6) is 0. The van der Waals surface area contributed by atoms with Crippen LogP contribution in [0.5, 0.6) is 0 Å². The molecule has 0 radical (unpaired) electrons. The molecule has 0 bridgehead atoms. The van der Waals surface area contributed by atoms with Crippen molar-refractivity contribution in [1.82, 2.24) is 3.59 Å². The number of fused-ring (bicyclic) bond motifs is 1. The Hall–Kier alpha value is -0.280. The number of nitrogens with zero attached hydrogens (tertiary/aromatic N) is 1. The van der Waals surface area contributed by atoms with Gasteiger partial charge in [0.2, 0.25) is 0 Å². The average Bonchev–Trinajstić information content (AvgIpc) is 2.33. The van der Waals surface area contributed by atoms with Crippen molar-refractivity contribution in [3.05, 3.63) is 34.9 Å². The van der Waals surface area contributed by atoms with Crippen molar-refractivity contribution in [2.75, 3.05) is 0 Å². The molecule has 2 aromatic rings. The molecule has 0 atom stereocenters. The average molecular weight is 275 g/mol. The fourth-order valence-corrected chi connectivity index (χ4v) is 1.84. The van der Waals surface area contributed by atoms with E-state index in [0.29, 0.717) is 0 Å². The Bertz CT molecular complexity index is 392. The Labute approximate surface area is 81.5 Å². The fourth-order valence-electron chi connectivity index (χ4n) is 1.07. The lowest BCUT2D eigenvalue weighted by Crippen LogP contribution is -1.73. The van der Waals surface area contributed by atoms with Crippen LogP contribution in [0.2, 0.25) is 0 Å². The summed E-state index contributed by atoms with van der Waals surface area (Å²) >= 11 is 6.81. The summed E-state index contributed by atoms with van der Waals surface area (Å²) in [5, 5.41) is 1.24. The monoisotopic (exact) mass is 273 g/mol. The molecule has 1 heterocycles. The molecule has 3 heteroatoms. The van der Waals surface area contributed by atoms with Crippen LogP contribution in [0.4, 0.5) is 0 Å². The van der Waals surface area contributed by atoms with Gasteiger partial charge in [-0.2, -0.15) is 0 Å². The summed E-state index contributed by atoms with van der Waals surface area (Å²) < 4.78 is 3.03. The minimum Gasteiger partial charge on any atom is -0.284 e. The largest absolute Gasteiger partial charge is 0.284 e. The van der Waals surface area contributed by atoms with Crippen molar-refractivity contribution in [2.45, 2.75) is 0 Å². The second-order valence-corrected chi connectivity index (χ2v) is 4.01. The van der Waals surface area contributed by atoms with E-state index in [1.54, 1.807) is 0 Å². The Kier molecular flexibility index (Phi) is 1.77. The second kappa shape index (κ2) is 2.64. The quantitative estimate of drug-likeness (QED) is 0.692. The van der Waals surface area contributed by atoms with Crippen molar-refractivity contribution in [1.29, 1.82) is 0 Å². The minimum absolute atomic E-state index is 1.10. The van der Waals surface area contributed by atoms with E-state index < -0.39 is 0 Å². The van der Waals surface area contributed by atoms with E-state index in [2.05, 4.69) is 50.3 Å². The number of rotatable bonds is 0. The molecule has 1 nitrogen and oxygen atoms in total. The van der Waals surface area contributed by atoms with E-state index in [1.807, 2.05) is 15.9 Å². The highest BCUT2D eigenvalue weighted by molar-refractivity contribution is 9.10. The number of hydrogen-bond acceptors (Lipinski definition) is 0. The van der Waals surface area contributed by atoms with Gasteiger partial charge in [-0.25, -0.2) is 0 Å². The Morgan fingerprint density at radius 2 is 2.00 bits per heavy atom. The first kappa shape index (κ1) is 7.37. The molecule has 0 saturated carbocycles. The highest BCUT2D eigenvalue weighted by Gasteiger charge is 1.97. The molecule has 11 heavy (non-hydrogen) atoms. The maximum atomic E-state index is 3.42. The first-order valence-electron chi connectivity index (χ1n) is 3.20. The zero-order chi connectivity index (χ0) is 7.84. The number of hydrogen-bond donors (Lipinski definition) is 0. The normalized spacial score (nSPS) is 10.7. The zero-order valence-corrected chi connectivity index (χ0v) is 8.76. The molecule has 0 aliphatic carbocycles. The molecule has 0 unspecified atom stereocenters. The van der Waals surface area contributed by atoms with Gasteiger partial charge in [0.1, 0.15) is 0 Å². The van der Waals surface area contributed by atoms with Gasteiger partial charge in [-0.05, 0) is 18.2 Å². The number of aromatic nitrogens is 1. The number of halogens is 2. The van der Waals surface area contributed by atoms with Crippen LogP contribution >= 0.6 is 32.1 Å². The van der Waals surface area contributed by atoms with Crippen molar-refractivity contribution in [2.24, 2.45) is 0 Å². The summed E-state index contributed by atoms with van der Waals surface area (Å²) in [5.41, 5.74) is 1.18. The molecule has 2 rings (SSSR count). The predicted octanol–water partition coefficient (Wildman–Crippen LogP) is 3.56. The van der Waals surface area contributed by atoms with Gasteiger partial charge >= 0.3 is 0 Å². The van der Waals surface area contributed by atoms with Gasteiger partial charge in [-0.3, -0.25) is 3.59 Å². The van der Waals surface area contributed by atoms with Gasteiger partial charge in [-0.1, -0.05) is 22.0 Å². The molecule has 0 N–H and O–H groups in total. The summed E-state index contributed by atoms with van der Waals surface area (Å²) in [6, 6.07) is 8.26. The van der Waals surface area contributed by atoms with E-state index in [4.69, 9.17) is 0 Å². The highest BCUT2D eigenvalue weighted by atomic mass is 79.9. The Morgan fingerprint density at radius 1 is 1.18 bits per heavy atom. The summed E-state index contributed by atoms with van der Waals surface area (Å²) in [4.78, 5) is 0. The maximum Gasteiger partial charge on any atom is 0.0602 e. The fraction of sp³-hybridized carbons (Fsp3) is 0. The zero-order valence-electron chi connectivity index (χ0n) is 5.59. The first-order valence-corrected chi connectivity index (χ1v) is 4.70. The third-order valence-corrected chi connectivity index (χ3v) is 2.72. The smallest absolute Gasteiger partial charge is 0.0602 e. The van der Waals surface area contributed by atoms with E-state index in [1.165, 1.54) is 10.9 Å². The SMILES string of the molecule is Brc1ccc2ccn(Br)c2c1. The maximum absolute atomic E-state index is 3.42. The topological polar surface area (TPSA) is 4.93 Å².